The molecule has 19 heavy (non-hydrogen) atoms. The van der Waals surface area contributed by atoms with Gasteiger partial charge in [0.15, 0.2) is 0 Å². The lowest BCUT2D eigenvalue weighted by atomic mass is 10.0. The normalized spacial score (nSPS) is 11.8. The highest BCUT2D eigenvalue weighted by Crippen LogP contribution is 2.19. The number of rotatable bonds is 6. The number of aliphatic carboxylic acids is 1. The molecule has 0 saturated carbocycles. The number of halogens is 3. The molecule has 0 atom stereocenters. The Morgan fingerprint density at radius 3 is 2.32 bits per heavy atom. The Balaban J connectivity index is 2.82. The van der Waals surface area contributed by atoms with E-state index in [0.29, 0.717) is 11.1 Å². The van der Waals surface area contributed by atoms with E-state index >= 15 is 0 Å². The van der Waals surface area contributed by atoms with Gasteiger partial charge in [0.25, 0.3) is 0 Å². The molecule has 1 rings (SSSR count). The summed E-state index contributed by atoms with van der Waals surface area (Å²) in [6.45, 7) is 0.997. The van der Waals surface area contributed by atoms with Crippen LogP contribution in [0.2, 0.25) is 0 Å². The molecule has 0 aliphatic carbocycles. The van der Waals surface area contributed by atoms with Gasteiger partial charge in [-0.15, -0.1) is 0 Å². The van der Waals surface area contributed by atoms with Crippen LogP contribution >= 0.6 is 0 Å². The smallest absolute Gasteiger partial charge is 0.401 e. The van der Waals surface area contributed by atoms with Crippen molar-refractivity contribution >= 4 is 5.97 Å². The van der Waals surface area contributed by atoms with Crippen molar-refractivity contribution < 1.29 is 23.1 Å². The first-order valence-electron chi connectivity index (χ1n) is 5.89. The molecule has 0 fully saturated rings. The van der Waals surface area contributed by atoms with Crippen LogP contribution in [0.4, 0.5) is 13.2 Å². The Bertz CT molecular complexity index is 432. The Hall–Kier alpha value is -1.56. The highest BCUT2D eigenvalue weighted by molar-refractivity contribution is 5.70. The van der Waals surface area contributed by atoms with Crippen LogP contribution in [0.15, 0.2) is 24.3 Å². The molecule has 0 saturated heterocycles. The molecule has 0 heterocycles. The quantitative estimate of drug-likeness (QED) is 0.867. The minimum atomic E-state index is -4.25. The minimum absolute atomic E-state index is 0.0967. The molecular formula is C13H16F3NO2. The maximum Gasteiger partial charge on any atom is 0.401 e. The molecule has 3 nitrogen and oxygen atoms in total. The standard InChI is InChI=1S/C13H16F3NO2/c1-2-17(9-13(14,15)16)8-11-6-4-3-5-10(11)7-12(18)19/h3-6H,2,7-9H2,1H3,(H,18,19). The number of carboxylic acids is 1. The Kier molecular flexibility index (Phi) is 5.35. The van der Waals surface area contributed by atoms with Crippen molar-refractivity contribution in [3.8, 4) is 0 Å². The number of carbonyl (C=O) groups is 1. The molecule has 0 radical (unpaired) electrons. The summed E-state index contributed by atoms with van der Waals surface area (Å²) >= 11 is 0. The van der Waals surface area contributed by atoms with Gasteiger partial charge in [0.1, 0.15) is 0 Å². The maximum absolute atomic E-state index is 12.4. The zero-order valence-electron chi connectivity index (χ0n) is 10.6. The second-order valence-corrected chi connectivity index (χ2v) is 4.26. The van der Waals surface area contributed by atoms with E-state index < -0.39 is 18.7 Å². The van der Waals surface area contributed by atoms with Crippen molar-refractivity contribution in [3.05, 3.63) is 35.4 Å². The molecule has 0 amide bonds. The predicted molar refractivity (Wildman–Crippen MR) is 64.8 cm³/mol. The summed E-state index contributed by atoms with van der Waals surface area (Å²) in [5.74, 6) is -0.994. The van der Waals surface area contributed by atoms with Gasteiger partial charge in [-0.25, -0.2) is 0 Å². The number of alkyl halides is 3. The van der Waals surface area contributed by atoms with Gasteiger partial charge in [-0.05, 0) is 17.7 Å². The van der Waals surface area contributed by atoms with E-state index in [-0.39, 0.29) is 19.5 Å². The lowest BCUT2D eigenvalue weighted by molar-refractivity contribution is -0.146. The van der Waals surface area contributed by atoms with Crippen molar-refractivity contribution in [2.75, 3.05) is 13.1 Å². The summed E-state index contributed by atoms with van der Waals surface area (Å²) in [5, 5.41) is 8.78. The lowest BCUT2D eigenvalue weighted by Crippen LogP contribution is -2.34. The van der Waals surface area contributed by atoms with Gasteiger partial charge in [0, 0.05) is 6.54 Å². The van der Waals surface area contributed by atoms with E-state index in [1.54, 1.807) is 31.2 Å². The van der Waals surface area contributed by atoms with Crippen molar-refractivity contribution in [1.82, 2.24) is 4.90 Å². The van der Waals surface area contributed by atoms with E-state index in [1.807, 2.05) is 0 Å². The van der Waals surface area contributed by atoms with Gasteiger partial charge in [-0.1, -0.05) is 31.2 Å². The first-order chi connectivity index (χ1) is 8.81. The fraction of sp³-hybridized carbons (Fsp3) is 0.462. The second-order valence-electron chi connectivity index (χ2n) is 4.26. The van der Waals surface area contributed by atoms with Gasteiger partial charge in [-0.3, -0.25) is 9.69 Å². The fourth-order valence-electron chi connectivity index (χ4n) is 1.82. The molecule has 106 valence electrons. The average Bonchev–Trinajstić information content (AvgIpc) is 2.28. The van der Waals surface area contributed by atoms with E-state index in [9.17, 15) is 18.0 Å². The molecule has 0 bridgehead atoms. The molecule has 0 aromatic heterocycles. The number of nitrogens with zero attached hydrogens (tertiary/aromatic N) is 1. The molecule has 0 unspecified atom stereocenters. The highest BCUT2D eigenvalue weighted by atomic mass is 19.4. The monoisotopic (exact) mass is 275 g/mol. The molecule has 1 aromatic carbocycles. The van der Waals surface area contributed by atoms with Gasteiger partial charge in [0.05, 0.1) is 13.0 Å². The second kappa shape index (κ2) is 6.56. The third kappa shape index (κ3) is 5.74. The summed E-state index contributed by atoms with van der Waals surface area (Å²) in [6.07, 6.45) is -4.43. The van der Waals surface area contributed by atoms with Crippen LogP contribution in [0, 0.1) is 0 Å². The van der Waals surface area contributed by atoms with Crippen LogP contribution in [0.1, 0.15) is 18.1 Å². The summed E-state index contributed by atoms with van der Waals surface area (Å²) in [5.41, 5.74) is 1.17. The van der Waals surface area contributed by atoms with Crippen LogP contribution in [0.25, 0.3) is 0 Å². The SMILES string of the molecule is CCN(Cc1ccccc1CC(=O)O)CC(F)(F)F. The predicted octanol–water partition coefficient (Wildman–Crippen LogP) is 2.70. The molecule has 6 heteroatoms. The van der Waals surface area contributed by atoms with Crippen LogP contribution in [-0.4, -0.2) is 35.2 Å². The van der Waals surface area contributed by atoms with Crippen LogP contribution in [0.3, 0.4) is 0 Å². The van der Waals surface area contributed by atoms with Crippen LogP contribution in [0.5, 0.6) is 0 Å². The van der Waals surface area contributed by atoms with E-state index in [1.165, 1.54) is 4.90 Å². The molecule has 0 aliphatic heterocycles. The van der Waals surface area contributed by atoms with E-state index in [2.05, 4.69) is 0 Å². The summed E-state index contributed by atoms with van der Waals surface area (Å²) in [4.78, 5) is 11.9. The molecule has 0 aliphatic rings. The zero-order valence-corrected chi connectivity index (χ0v) is 10.6. The van der Waals surface area contributed by atoms with Crippen LogP contribution in [-0.2, 0) is 17.8 Å². The third-order valence-corrected chi connectivity index (χ3v) is 2.70. The maximum atomic E-state index is 12.4. The average molecular weight is 275 g/mol. The van der Waals surface area contributed by atoms with Crippen molar-refractivity contribution in [2.24, 2.45) is 0 Å². The Morgan fingerprint density at radius 1 is 1.26 bits per heavy atom. The van der Waals surface area contributed by atoms with Crippen molar-refractivity contribution in [2.45, 2.75) is 26.1 Å². The topological polar surface area (TPSA) is 40.5 Å². The van der Waals surface area contributed by atoms with Crippen LogP contribution < -0.4 is 0 Å². The Labute approximate surface area is 109 Å². The first-order valence-corrected chi connectivity index (χ1v) is 5.89. The van der Waals surface area contributed by atoms with Crippen molar-refractivity contribution in [3.63, 3.8) is 0 Å². The van der Waals surface area contributed by atoms with Gasteiger partial charge in [-0.2, -0.15) is 13.2 Å². The largest absolute Gasteiger partial charge is 0.481 e. The third-order valence-electron chi connectivity index (χ3n) is 2.70. The minimum Gasteiger partial charge on any atom is -0.481 e. The first kappa shape index (κ1) is 15.5. The van der Waals surface area contributed by atoms with Gasteiger partial charge in [0.2, 0.25) is 0 Å². The fourth-order valence-corrected chi connectivity index (χ4v) is 1.82. The number of hydrogen-bond donors (Lipinski definition) is 1. The van der Waals surface area contributed by atoms with Gasteiger partial charge >= 0.3 is 12.1 Å². The highest BCUT2D eigenvalue weighted by Gasteiger charge is 2.30. The number of hydrogen-bond acceptors (Lipinski definition) is 2. The molecule has 1 N–H and O–H groups in total. The summed E-state index contributed by atoms with van der Waals surface area (Å²) in [7, 11) is 0. The number of benzene rings is 1. The van der Waals surface area contributed by atoms with Crippen molar-refractivity contribution in [1.29, 1.82) is 0 Å². The zero-order chi connectivity index (χ0) is 14.5. The molecule has 1 aromatic rings. The summed E-state index contributed by atoms with van der Waals surface area (Å²) < 4.78 is 37.1. The molecular weight excluding hydrogens is 259 g/mol. The lowest BCUT2D eigenvalue weighted by Gasteiger charge is -2.23. The number of carboxylic acid groups (broad SMARTS) is 1. The Morgan fingerprint density at radius 2 is 1.84 bits per heavy atom. The van der Waals surface area contributed by atoms with E-state index in [0.717, 1.165) is 0 Å². The molecule has 0 spiro atoms. The van der Waals surface area contributed by atoms with Gasteiger partial charge < -0.3 is 5.11 Å². The summed E-state index contributed by atoms with van der Waals surface area (Å²) in [6, 6.07) is 6.67. The van der Waals surface area contributed by atoms with E-state index in [4.69, 9.17) is 5.11 Å².